The number of aromatic nitrogens is 4. The van der Waals surface area contributed by atoms with E-state index in [2.05, 4.69) is 10.1 Å². The Morgan fingerprint density at radius 1 is 0.966 bits per heavy atom. The predicted octanol–water partition coefficient (Wildman–Crippen LogP) is 4.55. The average Bonchev–Trinajstić information content (AvgIpc) is 3.18. The van der Waals surface area contributed by atoms with Crippen molar-refractivity contribution >= 4 is 28.2 Å². The number of benzene rings is 3. The van der Waals surface area contributed by atoms with E-state index < -0.39 is 0 Å². The highest BCUT2D eigenvalue weighted by atomic mass is 35.5. The zero-order valence-electron chi connectivity index (χ0n) is 15.1. The van der Waals surface area contributed by atoms with Gasteiger partial charge in [-0.05, 0) is 54.1 Å². The van der Waals surface area contributed by atoms with Crippen LogP contribution >= 0.6 is 11.6 Å². The minimum absolute atomic E-state index is 0.306. The summed E-state index contributed by atoms with van der Waals surface area (Å²) in [4.78, 5) is 17.8. The summed E-state index contributed by atoms with van der Waals surface area (Å²) in [5.41, 5.74) is 2.46. The van der Waals surface area contributed by atoms with E-state index in [4.69, 9.17) is 11.6 Å². The highest BCUT2D eigenvalue weighted by Gasteiger charge is 2.16. The summed E-state index contributed by atoms with van der Waals surface area (Å²) in [6.45, 7) is 0.349. The van der Waals surface area contributed by atoms with Crippen LogP contribution in [0.15, 0.2) is 77.6 Å². The second kappa shape index (κ2) is 6.83. The van der Waals surface area contributed by atoms with Crippen molar-refractivity contribution < 1.29 is 4.39 Å². The maximum atomic E-state index is 13.3. The molecule has 0 aliphatic carbocycles. The van der Waals surface area contributed by atoms with Gasteiger partial charge in [0, 0.05) is 16.0 Å². The van der Waals surface area contributed by atoms with Gasteiger partial charge < -0.3 is 0 Å². The fourth-order valence-electron chi connectivity index (χ4n) is 3.43. The summed E-state index contributed by atoms with van der Waals surface area (Å²) < 4.78 is 16.2. The zero-order valence-corrected chi connectivity index (χ0v) is 15.8. The van der Waals surface area contributed by atoms with Crippen LogP contribution in [-0.2, 0) is 6.54 Å². The first-order valence-electron chi connectivity index (χ1n) is 8.99. The minimum atomic E-state index is -0.341. The first-order chi connectivity index (χ1) is 14.1. The second-order valence-corrected chi connectivity index (χ2v) is 7.13. The molecule has 0 atom stereocenters. The predicted molar refractivity (Wildman–Crippen MR) is 111 cm³/mol. The summed E-state index contributed by atoms with van der Waals surface area (Å²) >= 11 is 6.10. The van der Waals surface area contributed by atoms with Crippen LogP contribution in [0, 0.1) is 5.82 Å². The van der Waals surface area contributed by atoms with Crippen LogP contribution in [0.1, 0.15) is 5.56 Å². The molecule has 5 aromatic rings. The van der Waals surface area contributed by atoms with Crippen LogP contribution in [0.3, 0.4) is 0 Å². The summed E-state index contributed by atoms with van der Waals surface area (Å²) in [5.74, 6) is 0.0274. The molecule has 0 saturated carbocycles. The van der Waals surface area contributed by atoms with Crippen molar-refractivity contribution in [2.45, 2.75) is 6.54 Å². The third kappa shape index (κ3) is 3.07. The van der Waals surface area contributed by atoms with Gasteiger partial charge in [-0.1, -0.05) is 35.9 Å². The molecule has 0 amide bonds. The lowest BCUT2D eigenvalue weighted by Gasteiger charge is -2.11. The van der Waals surface area contributed by atoms with Crippen LogP contribution in [0.25, 0.3) is 27.9 Å². The van der Waals surface area contributed by atoms with Crippen molar-refractivity contribution in [2.24, 2.45) is 0 Å². The van der Waals surface area contributed by atoms with Crippen LogP contribution < -0.4 is 5.69 Å². The van der Waals surface area contributed by atoms with E-state index in [1.54, 1.807) is 22.8 Å². The number of hydrogen-bond acceptors (Lipinski definition) is 3. The van der Waals surface area contributed by atoms with E-state index in [-0.39, 0.29) is 11.5 Å². The maximum Gasteiger partial charge on any atom is 0.351 e. The van der Waals surface area contributed by atoms with E-state index >= 15 is 0 Å². The third-order valence-corrected chi connectivity index (χ3v) is 5.02. The number of halogens is 2. The molecule has 0 unspecified atom stereocenters. The van der Waals surface area contributed by atoms with Crippen LogP contribution in [0.5, 0.6) is 0 Å². The summed E-state index contributed by atoms with van der Waals surface area (Å²) in [7, 11) is 0. The van der Waals surface area contributed by atoms with Gasteiger partial charge >= 0.3 is 5.69 Å². The maximum absolute atomic E-state index is 13.3. The van der Waals surface area contributed by atoms with Crippen molar-refractivity contribution in [1.29, 1.82) is 0 Å². The second-order valence-electron chi connectivity index (χ2n) is 6.69. The third-order valence-electron chi connectivity index (χ3n) is 4.79. The molecule has 7 heteroatoms. The smallest absolute Gasteiger partial charge is 0.287 e. The first kappa shape index (κ1) is 17.6. The van der Waals surface area contributed by atoms with Crippen LogP contribution in [-0.4, -0.2) is 19.2 Å². The molecule has 0 aliphatic heterocycles. The minimum Gasteiger partial charge on any atom is -0.287 e. The molecule has 142 valence electrons. The van der Waals surface area contributed by atoms with Gasteiger partial charge in [-0.3, -0.25) is 4.57 Å². The number of rotatable bonds is 3. The Morgan fingerprint density at radius 3 is 2.55 bits per heavy atom. The summed E-state index contributed by atoms with van der Waals surface area (Å²) in [6.07, 6.45) is 0. The molecule has 0 aliphatic rings. The lowest BCUT2D eigenvalue weighted by atomic mass is 10.2. The summed E-state index contributed by atoms with van der Waals surface area (Å²) in [6, 6.07) is 20.8. The molecule has 5 nitrogen and oxygen atoms in total. The number of para-hydroxylation sites is 1. The molecule has 29 heavy (non-hydrogen) atoms. The van der Waals surface area contributed by atoms with Crippen molar-refractivity contribution in [2.75, 3.05) is 0 Å². The van der Waals surface area contributed by atoms with Crippen LogP contribution in [0.4, 0.5) is 4.39 Å². The number of hydrogen-bond donors (Lipinski definition) is 0. The van der Waals surface area contributed by atoms with Crippen molar-refractivity contribution in [1.82, 2.24) is 19.2 Å². The first-order valence-corrected chi connectivity index (χ1v) is 9.37. The van der Waals surface area contributed by atoms with Crippen molar-refractivity contribution in [3.63, 3.8) is 0 Å². The lowest BCUT2D eigenvalue weighted by Crippen LogP contribution is -2.28. The van der Waals surface area contributed by atoms with Gasteiger partial charge in [-0.2, -0.15) is 4.52 Å². The van der Waals surface area contributed by atoms with Gasteiger partial charge in [-0.25, -0.2) is 14.2 Å². The van der Waals surface area contributed by atoms with Gasteiger partial charge in [0.25, 0.3) is 0 Å². The molecular formula is C22H14ClFN4O. The molecule has 0 radical (unpaired) electrons. The Balaban J connectivity index is 1.76. The van der Waals surface area contributed by atoms with Gasteiger partial charge in [0.1, 0.15) is 5.82 Å². The SMILES string of the molecule is O=c1n(Cc2cccc(Cl)c2)c2ccccc2c2nc(-c3ccc(F)cc3)nn12. The fraction of sp³-hybridized carbons (Fsp3) is 0.0455. The molecular weight excluding hydrogens is 391 g/mol. The monoisotopic (exact) mass is 404 g/mol. The molecule has 3 aromatic carbocycles. The highest BCUT2D eigenvalue weighted by molar-refractivity contribution is 6.30. The molecule has 0 saturated heterocycles. The molecule has 2 aromatic heterocycles. The Labute approximate surface area is 169 Å². The van der Waals surface area contributed by atoms with Gasteiger partial charge in [0.2, 0.25) is 0 Å². The molecule has 0 spiro atoms. The molecule has 0 N–H and O–H groups in total. The zero-order chi connectivity index (χ0) is 20.0. The van der Waals surface area contributed by atoms with E-state index in [1.807, 2.05) is 42.5 Å². The van der Waals surface area contributed by atoms with E-state index in [9.17, 15) is 9.18 Å². The van der Waals surface area contributed by atoms with E-state index in [1.165, 1.54) is 16.6 Å². The molecule has 2 heterocycles. The quantitative estimate of drug-likeness (QED) is 0.443. The fourth-order valence-corrected chi connectivity index (χ4v) is 3.64. The van der Waals surface area contributed by atoms with Crippen LogP contribution in [0.2, 0.25) is 5.02 Å². The van der Waals surface area contributed by atoms with Crippen molar-refractivity contribution in [3.8, 4) is 11.4 Å². The highest BCUT2D eigenvalue weighted by Crippen LogP contribution is 2.22. The lowest BCUT2D eigenvalue weighted by molar-refractivity contribution is 0.628. The largest absolute Gasteiger partial charge is 0.351 e. The Morgan fingerprint density at radius 2 is 1.76 bits per heavy atom. The topological polar surface area (TPSA) is 52.2 Å². The Bertz CT molecular complexity index is 1420. The average molecular weight is 405 g/mol. The Hall–Kier alpha value is -3.51. The summed E-state index contributed by atoms with van der Waals surface area (Å²) in [5, 5.41) is 5.82. The normalized spacial score (nSPS) is 11.4. The molecule has 5 rings (SSSR count). The molecule has 0 bridgehead atoms. The van der Waals surface area contributed by atoms with E-state index in [0.29, 0.717) is 28.6 Å². The van der Waals surface area contributed by atoms with Gasteiger partial charge in [-0.15, -0.1) is 5.10 Å². The Kier molecular flexibility index (Phi) is 4.14. The van der Waals surface area contributed by atoms with Gasteiger partial charge in [0.05, 0.1) is 12.1 Å². The molecule has 0 fully saturated rings. The number of nitrogens with zero attached hydrogens (tertiary/aromatic N) is 4. The van der Waals surface area contributed by atoms with Crippen molar-refractivity contribution in [3.05, 3.63) is 99.7 Å². The van der Waals surface area contributed by atoms with Gasteiger partial charge in [0.15, 0.2) is 11.5 Å². The number of fused-ring (bicyclic) bond motifs is 3. The van der Waals surface area contributed by atoms with E-state index in [0.717, 1.165) is 16.5 Å². The standard InChI is InChI=1S/C22H14ClFN4O/c23-16-5-3-4-14(12-16)13-27-19-7-2-1-6-18(19)21-25-20(26-28(21)22(27)29)15-8-10-17(24)11-9-15/h1-12H,13H2.